The van der Waals surface area contributed by atoms with E-state index in [1.165, 1.54) is 24.4 Å². The lowest BCUT2D eigenvalue weighted by molar-refractivity contribution is 0.103. The second-order valence-electron chi connectivity index (χ2n) is 5.27. The Hall–Kier alpha value is -2.31. The average molecular weight is 371 g/mol. The van der Waals surface area contributed by atoms with E-state index in [0.29, 0.717) is 5.56 Å². The molecule has 25 heavy (non-hydrogen) atoms. The van der Waals surface area contributed by atoms with E-state index in [1.54, 1.807) is 48.2 Å². The third kappa shape index (κ3) is 3.41. The predicted octanol–water partition coefficient (Wildman–Crippen LogP) is 4.07. The van der Waals surface area contributed by atoms with E-state index in [1.807, 2.05) is 19.1 Å². The number of hydrogen-bond donors (Lipinski definition) is 0. The number of aromatic nitrogens is 1. The van der Waals surface area contributed by atoms with Crippen LogP contribution in [0.2, 0.25) is 0 Å². The summed E-state index contributed by atoms with van der Waals surface area (Å²) in [6.07, 6.45) is 1.41. The molecule has 0 aliphatic heterocycles. The molecule has 2 aromatic carbocycles. The molecule has 0 aliphatic rings. The molecule has 0 saturated carbocycles. The average Bonchev–Trinajstić information content (AvgIpc) is 3.13. The number of ketones is 1. The van der Waals surface area contributed by atoms with E-state index >= 15 is 0 Å². The summed E-state index contributed by atoms with van der Waals surface area (Å²) < 4.78 is 26.8. The van der Waals surface area contributed by atoms with Crippen molar-refractivity contribution in [1.29, 1.82) is 0 Å². The molecule has 3 rings (SSSR count). The highest BCUT2D eigenvalue weighted by Gasteiger charge is 2.24. The van der Waals surface area contributed by atoms with Gasteiger partial charge < -0.3 is 0 Å². The Morgan fingerprint density at radius 2 is 1.64 bits per heavy atom. The molecule has 6 heteroatoms. The van der Waals surface area contributed by atoms with Crippen LogP contribution in [-0.4, -0.2) is 23.9 Å². The molecular weight excluding hydrogens is 354 g/mol. The first-order valence-electron chi connectivity index (χ1n) is 7.80. The Bertz CT molecular complexity index is 992. The van der Waals surface area contributed by atoms with Crippen molar-refractivity contribution in [2.45, 2.75) is 16.7 Å². The quantitative estimate of drug-likeness (QED) is 0.484. The monoisotopic (exact) mass is 371 g/mol. The number of carbonyl (C=O) groups excluding carboxylic acids is 1. The molecule has 1 heterocycles. The summed E-state index contributed by atoms with van der Waals surface area (Å²) in [7, 11) is -3.82. The van der Waals surface area contributed by atoms with E-state index in [4.69, 9.17) is 0 Å². The molecule has 4 nitrogen and oxygen atoms in total. The topological polar surface area (TPSA) is 56.1 Å². The van der Waals surface area contributed by atoms with Crippen LogP contribution in [0.5, 0.6) is 0 Å². The zero-order valence-corrected chi connectivity index (χ0v) is 15.3. The van der Waals surface area contributed by atoms with E-state index < -0.39 is 10.0 Å². The maximum absolute atomic E-state index is 13.0. The molecule has 0 aliphatic carbocycles. The lowest BCUT2D eigenvalue weighted by Gasteiger charge is -2.11. The van der Waals surface area contributed by atoms with Crippen molar-refractivity contribution in [1.82, 2.24) is 3.97 Å². The van der Waals surface area contributed by atoms with Crippen LogP contribution >= 0.6 is 11.8 Å². The van der Waals surface area contributed by atoms with Crippen LogP contribution in [0.15, 0.2) is 82.7 Å². The van der Waals surface area contributed by atoms with Crippen molar-refractivity contribution in [3.8, 4) is 0 Å². The second-order valence-corrected chi connectivity index (χ2v) is 8.39. The molecule has 0 bridgehead atoms. The van der Waals surface area contributed by atoms with Crippen molar-refractivity contribution in [2.75, 3.05) is 5.75 Å². The van der Waals surface area contributed by atoms with Crippen LogP contribution in [0.3, 0.4) is 0 Å². The maximum atomic E-state index is 13.0. The standard InChI is InChI=1S/C19H17NO3S2/c1-2-24-18-13-7-6-11-16(18)19(21)17-12-8-14-20(17)25(22,23)15-9-4-3-5-10-15/h3-14H,2H2,1H3. The van der Waals surface area contributed by atoms with Gasteiger partial charge in [0.1, 0.15) is 5.69 Å². The SMILES string of the molecule is CCSc1ccccc1C(=O)c1cccn1S(=O)(=O)c1ccccc1. The number of benzene rings is 2. The fourth-order valence-electron chi connectivity index (χ4n) is 2.53. The molecule has 0 atom stereocenters. The van der Waals surface area contributed by atoms with Crippen LogP contribution < -0.4 is 0 Å². The van der Waals surface area contributed by atoms with Crippen molar-refractivity contribution in [3.63, 3.8) is 0 Å². The number of hydrogen-bond acceptors (Lipinski definition) is 4. The molecule has 0 saturated heterocycles. The summed E-state index contributed by atoms with van der Waals surface area (Å²) >= 11 is 1.56. The Morgan fingerprint density at radius 1 is 0.960 bits per heavy atom. The predicted molar refractivity (Wildman–Crippen MR) is 99.7 cm³/mol. The minimum Gasteiger partial charge on any atom is -0.287 e. The Balaban J connectivity index is 2.08. The van der Waals surface area contributed by atoms with Crippen LogP contribution in [0, 0.1) is 0 Å². The summed E-state index contributed by atoms with van der Waals surface area (Å²) in [6, 6.07) is 18.5. The molecular formula is C19H17NO3S2. The molecule has 0 N–H and O–H groups in total. The first-order valence-corrected chi connectivity index (χ1v) is 10.2. The first kappa shape index (κ1) is 17.5. The van der Waals surface area contributed by atoms with Gasteiger partial charge in [-0.05, 0) is 42.2 Å². The zero-order valence-electron chi connectivity index (χ0n) is 13.6. The Kier molecular flexibility index (Phi) is 5.11. The van der Waals surface area contributed by atoms with Gasteiger partial charge in [-0.1, -0.05) is 37.3 Å². The summed E-state index contributed by atoms with van der Waals surface area (Å²) in [6.45, 7) is 2.01. The molecule has 3 aromatic rings. The van der Waals surface area contributed by atoms with Gasteiger partial charge >= 0.3 is 0 Å². The van der Waals surface area contributed by atoms with Gasteiger partial charge in [-0.25, -0.2) is 12.4 Å². The van der Waals surface area contributed by atoms with Gasteiger partial charge in [0.05, 0.1) is 4.90 Å². The van der Waals surface area contributed by atoms with Crippen molar-refractivity contribution >= 4 is 27.6 Å². The highest BCUT2D eigenvalue weighted by Crippen LogP contribution is 2.26. The van der Waals surface area contributed by atoms with E-state index in [-0.39, 0.29) is 16.4 Å². The van der Waals surface area contributed by atoms with Crippen molar-refractivity contribution < 1.29 is 13.2 Å². The Labute approximate surface area is 151 Å². The van der Waals surface area contributed by atoms with E-state index in [2.05, 4.69) is 0 Å². The minimum absolute atomic E-state index is 0.132. The van der Waals surface area contributed by atoms with Crippen LogP contribution in [0.1, 0.15) is 23.0 Å². The fourth-order valence-corrected chi connectivity index (χ4v) is 4.69. The summed E-state index contributed by atoms with van der Waals surface area (Å²) in [5, 5.41) is 0. The largest absolute Gasteiger partial charge is 0.287 e. The lowest BCUT2D eigenvalue weighted by Crippen LogP contribution is -2.18. The first-order chi connectivity index (χ1) is 12.1. The number of thioether (sulfide) groups is 1. The number of rotatable bonds is 6. The summed E-state index contributed by atoms with van der Waals surface area (Å²) in [5.41, 5.74) is 0.644. The van der Waals surface area contributed by atoms with E-state index in [0.717, 1.165) is 14.6 Å². The summed E-state index contributed by atoms with van der Waals surface area (Å²) in [5.74, 6) is 0.522. The smallest absolute Gasteiger partial charge is 0.268 e. The van der Waals surface area contributed by atoms with Crippen molar-refractivity contribution in [2.24, 2.45) is 0 Å². The van der Waals surface area contributed by atoms with Gasteiger partial charge in [0, 0.05) is 16.7 Å². The highest BCUT2D eigenvalue weighted by molar-refractivity contribution is 7.99. The van der Waals surface area contributed by atoms with Crippen LogP contribution in [0.4, 0.5) is 0 Å². The normalized spacial score (nSPS) is 11.4. The molecule has 0 radical (unpaired) electrons. The minimum atomic E-state index is -3.82. The fraction of sp³-hybridized carbons (Fsp3) is 0.105. The van der Waals surface area contributed by atoms with Gasteiger partial charge in [0.15, 0.2) is 0 Å². The third-order valence-corrected chi connectivity index (χ3v) is 6.34. The highest BCUT2D eigenvalue weighted by atomic mass is 32.2. The van der Waals surface area contributed by atoms with Crippen LogP contribution in [-0.2, 0) is 10.0 Å². The van der Waals surface area contributed by atoms with Gasteiger partial charge in [-0.15, -0.1) is 11.8 Å². The Morgan fingerprint density at radius 3 is 2.36 bits per heavy atom. The molecule has 1 aromatic heterocycles. The molecule has 0 unspecified atom stereocenters. The number of carbonyl (C=O) groups is 1. The molecule has 128 valence electrons. The number of nitrogens with zero attached hydrogens (tertiary/aromatic N) is 1. The van der Waals surface area contributed by atoms with Gasteiger partial charge in [0.2, 0.25) is 5.78 Å². The van der Waals surface area contributed by atoms with Gasteiger partial charge in [0.25, 0.3) is 10.0 Å². The van der Waals surface area contributed by atoms with Gasteiger partial charge in [-0.3, -0.25) is 4.79 Å². The third-order valence-electron chi connectivity index (χ3n) is 3.68. The zero-order chi connectivity index (χ0) is 17.9. The molecule has 0 fully saturated rings. The molecule has 0 amide bonds. The maximum Gasteiger partial charge on any atom is 0.268 e. The van der Waals surface area contributed by atoms with Crippen molar-refractivity contribution in [3.05, 3.63) is 84.2 Å². The second kappa shape index (κ2) is 7.29. The van der Waals surface area contributed by atoms with E-state index in [9.17, 15) is 13.2 Å². The summed E-state index contributed by atoms with van der Waals surface area (Å²) in [4.78, 5) is 14.0. The van der Waals surface area contributed by atoms with Gasteiger partial charge in [-0.2, -0.15) is 0 Å². The molecule has 0 spiro atoms. The lowest BCUT2D eigenvalue weighted by atomic mass is 10.1. The van der Waals surface area contributed by atoms with Crippen LogP contribution in [0.25, 0.3) is 0 Å².